The first kappa shape index (κ1) is 11.1. The highest BCUT2D eigenvalue weighted by Crippen LogP contribution is 1.85. The quantitative estimate of drug-likeness (QED) is 0.495. The fourth-order valence-electron chi connectivity index (χ4n) is 0.599. The fourth-order valence-corrected chi connectivity index (χ4v) is 0.599. The molecule has 0 fully saturated rings. The minimum atomic E-state index is -0.601. The van der Waals surface area contributed by atoms with Crippen LogP contribution in [0.15, 0.2) is 12.2 Å². The monoisotopic (exact) mass is 172 g/mol. The second kappa shape index (κ2) is 5.74. The SMILES string of the molecule is CC=CC(=O)NCC(N)C(C)O. The first-order valence-corrected chi connectivity index (χ1v) is 3.92. The summed E-state index contributed by atoms with van der Waals surface area (Å²) in [6, 6.07) is -0.404. The Kier molecular flexibility index (Phi) is 5.32. The Hall–Kier alpha value is -0.870. The number of nitrogens with one attached hydrogen (secondary N) is 1. The van der Waals surface area contributed by atoms with Crippen LogP contribution >= 0.6 is 0 Å². The number of aliphatic hydroxyl groups excluding tert-OH is 1. The van der Waals surface area contributed by atoms with E-state index in [2.05, 4.69) is 5.32 Å². The number of hydrogen-bond acceptors (Lipinski definition) is 3. The van der Waals surface area contributed by atoms with Gasteiger partial charge in [0, 0.05) is 12.6 Å². The molecule has 70 valence electrons. The zero-order valence-electron chi connectivity index (χ0n) is 7.45. The number of amides is 1. The van der Waals surface area contributed by atoms with Crippen LogP contribution in [0.4, 0.5) is 0 Å². The van der Waals surface area contributed by atoms with Gasteiger partial charge in [0.1, 0.15) is 0 Å². The number of carbonyl (C=O) groups is 1. The van der Waals surface area contributed by atoms with E-state index < -0.39 is 12.1 Å². The molecule has 0 aliphatic heterocycles. The number of allylic oxidation sites excluding steroid dienone is 1. The molecule has 0 aliphatic rings. The molecule has 0 rings (SSSR count). The zero-order valence-corrected chi connectivity index (χ0v) is 7.45. The third-order valence-electron chi connectivity index (χ3n) is 1.45. The van der Waals surface area contributed by atoms with E-state index in [0.29, 0.717) is 6.54 Å². The van der Waals surface area contributed by atoms with Crippen LogP contribution in [0.3, 0.4) is 0 Å². The van der Waals surface area contributed by atoms with Gasteiger partial charge in [-0.15, -0.1) is 0 Å². The van der Waals surface area contributed by atoms with Crippen LogP contribution in [0, 0.1) is 0 Å². The van der Waals surface area contributed by atoms with Crippen LogP contribution < -0.4 is 11.1 Å². The molecule has 2 atom stereocenters. The molecule has 0 bridgehead atoms. The second-order valence-corrected chi connectivity index (χ2v) is 2.65. The van der Waals surface area contributed by atoms with Crippen molar-refractivity contribution in [1.29, 1.82) is 0 Å². The van der Waals surface area contributed by atoms with E-state index in [9.17, 15) is 4.79 Å². The van der Waals surface area contributed by atoms with E-state index in [1.807, 2.05) is 0 Å². The van der Waals surface area contributed by atoms with Crippen LogP contribution in [0.1, 0.15) is 13.8 Å². The Morgan fingerprint density at radius 3 is 2.75 bits per heavy atom. The second-order valence-electron chi connectivity index (χ2n) is 2.65. The average Bonchev–Trinajstić information content (AvgIpc) is 2.00. The highest BCUT2D eigenvalue weighted by atomic mass is 16.3. The minimum absolute atomic E-state index is 0.186. The number of nitrogens with two attached hydrogens (primary N) is 1. The fraction of sp³-hybridized carbons (Fsp3) is 0.625. The van der Waals surface area contributed by atoms with Crippen LogP contribution in [-0.2, 0) is 4.79 Å². The lowest BCUT2D eigenvalue weighted by Gasteiger charge is -2.14. The molecule has 12 heavy (non-hydrogen) atoms. The summed E-state index contributed by atoms with van der Waals surface area (Å²) in [6.07, 6.45) is 2.45. The number of hydrogen-bond donors (Lipinski definition) is 3. The topological polar surface area (TPSA) is 75.4 Å². The molecule has 1 amide bonds. The van der Waals surface area contributed by atoms with Crippen LogP contribution in [0.5, 0.6) is 0 Å². The molecular weight excluding hydrogens is 156 g/mol. The predicted molar refractivity (Wildman–Crippen MR) is 47.5 cm³/mol. The van der Waals surface area contributed by atoms with Gasteiger partial charge in [-0.05, 0) is 19.9 Å². The molecule has 4 nitrogen and oxygen atoms in total. The van der Waals surface area contributed by atoms with Crippen molar-refractivity contribution in [2.45, 2.75) is 26.0 Å². The largest absolute Gasteiger partial charge is 0.392 e. The summed E-state index contributed by atoms with van der Waals surface area (Å²) in [5.74, 6) is -0.186. The Morgan fingerprint density at radius 2 is 2.33 bits per heavy atom. The summed E-state index contributed by atoms with van der Waals surface area (Å²) in [6.45, 7) is 3.64. The van der Waals surface area contributed by atoms with Crippen LogP contribution in [-0.4, -0.2) is 29.7 Å². The first-order valence-electron chi connectivity index (χ1n) is 3.92. The Labute approximate surface area is 72.4 Å². The van der Waals surface area contributed by atoms with Gasteiger partial charge in [0.25, 0.3) is 0 Å². The number of carbonyl (C=O) groups excluding carboxylic acids is 1. The van der Waals surface area contributed by atoms with Gasteiger partial charge in [-0.25, -0.2) is 0 Å². The maximum absolute atomic E-state index is 10.8. The number of aliphatic hydroxyl groups is 1. The predicted octanol–water partition coefficient (Wildman–Crippen LogP) is -0.613. The van der Waals surface area contributed by atoms with E-state index in [0.717, 1.165) is 0 Å². The standard InChI is InChI=1S/C8H16N2O2/c1-3-4-8(12)10-5-7(9)6(2)11/h3-4,6-7,11H,5,9H2,1-2H3,(H,10,12). The van der Waals surface area contributed by atoms with Gasteiger partial charge in [0.2, 0.25) is 5.91 Å². The van der Waals surface area contributed by atoms with Crippen molar-refractivity contribution < 1.29 is 9.90 Å². The first-order chi connectivity index (χ1) is 5.57. The van der Waals surface area contributed by atoms with Crippen LogP contribution in [0.2, 0.25) is 0 Å². The maximum atomic E-state index is 10.8. The van der Waals surface area contributed by atoms with Gasteiger partial charge >= 0.3 is 0 Å². The molecule has 0 aromatic heterocycles. The summed E-state index contributed by atoms with van der Waals surface area (Å²) in [5, 5.41) is 11.5. The molecule has 0 radical (unpaired) electrons. The maximum Gasteiger partial charge on any atom is 0.243 e. The van der Waals surface area contributed by atoms with Gasteiger partial charge in [-0.2, -0.15) is 0 Å². The molecule has 0 spiro atoms. The van der Waals surface area contributed by atoms with Crippen molar-refractivity contribution in [1.82, 2.24) is 5.32 Å². The highest BCUT2D eigenvalue weighted by Gasteiger charge is 2.08. The van der Waals surface area contributed by atoms with Crippen molar-refractivity contribution in [3.05, 3.63) is 12.2 Å². The van der Waals surface area contributed by atoms with Gasteiger partial charge in [0.15, 0.2) is 0 Å². The third kappa shape index (κ3) is 4.87. The van der Waals surface area contributed by atoms with Crippen molar-refractivity contribution >= 4 is 5.91 Å². The Morgan fingerprint density at radius 1 is 1.75 bits per heavy atom. The summed E-state index contributed by atoms with van der Waals surface area (Å²) >= 11 is 0. The van der Waals surface area contributed by atoms with Crippen molar-refractivity contribution in [2.75, 3.05) is 6.54 Å². The van der Waals surface area contributed by atoms with E-state index in [-0.39, 0.29) is 5.91 Å². The molecule has 0 aromatic rings. The lowest BCUT2D eigenvalue weighted by molar-refractivity contribution is -0.116. The highest BCUT2D eigenvalue weighted by molar-refractivity contribution is 5.87. The lowest BCUT2D eigenvalue weighted by Crippen LogP contribution is -2.43. The van der Waals surface area contributed by atoms with Crippen molar-refractivity contribution in [3.63, 3.8) is 0 Å². The summed E-state index contributed by atoms with van der Waals surface area (Å²) in [5.41, 5.74) is 5.47. The molecule has 2 unspecified atom stereocenters. The number of rotatable bonds is 4. The average molecular weight is 172 g/mol. The zero-order chi connectivity index (χ0) is 9.56. The van der Waals surface area contributed by atoms with Crippen molar-refractivity contribution in [3.8, 4) is 0 Å². The van der Waals surface area contributed by atoms with E-state index >= 15 is 0 Å². The molecule has 0 saturated heterocycles. The van der Waals surface area contributed by atoms with Gasteiger partial charge in [-0.1, -0.05) is 6.08 Å². The molecule has 0 aromatic carbocycles. The summed E-state index contributed by atoms with van der Waals surface area (Å²) in [7, 11) is 0. The van der Waals surface area contributed by atoms with Crippen molar-refractivity contribution in [2.24, 2.45) is 5.73 Å². The summed E-state index contributed by atoms with van der Waals surface area (Å²) in [4.78, 5) is 10.8. The van der Waals surface area contributed by atoms with Crippen LogP contribution in [0.25, 0.3) is 0 Å². The van der Waals surface area contributed by atoms with Gasteiger partial charge in [0.05, 0.1) is 6.10 Å². The smallest absolute Gasteiger partial charge is 0.243 e. The van der Waals surface area contributed by atoms with Gasteiger partial charge in [-0.3, -0.25) is 4.79 Å². The molecular formula is C8H16N2O2. The summed E-state index contributed by atoms with van der Waals surface area (Å²) < 4.78 is 0. The molecule has 0 heterocycles. The molecule has 0 aliphatic carbocycles. The minimum Gasteiger partial charge on any atom is -0.392 e. The Balaban J connectivity index is 3.61. The molecule has 4 N–H and O–H groups in total. The van der Waals surface area contributed by atoms with E-state index in [1.165, 1.54) is 6.08 Å². The van der Waals surface area contributed by atoms with Gasteiger partial charge < -0.3 is 16.2 Å². The third-order valence-corrected chi connectivity index (χ3v) is 1.45. The normalized spacial score (nSPS) is 16.0. The lowest BCUT2D eigenvalue weighted by atomic mass is 10.2. The van der Waals surface area contributed by atoms with E-state index in [1.54, 1.807) is 19.9 Å². The van der Waals surface area contributed by atoms with E-state index in [4.69, 9.17) is 10.8 Å². The molecule has 4 heteroatoms. The Bertz CT molecular complexity index is 166. The molecule has 0 saturated carbocycles.